The first kappa shape index (κ1) is 12.5. The molecule has 2 rings (SSSR count). The van der Waals surface area contributed by atoms with E-state index in [9.17, 15) is 14.0 Å². The Hall–Kier alpha value is -1.91. The van der Waals surface area contributed by atoms with Crippen LogP contribution in [0.2, 0.25) is 0 Å². The van der Waals surface area contributed by atoms with Crippen LogP contribution in [0, 0.1) is 5.82 Å². The number of amides is 2. The van der Waals surface area contributed by atoms with Crippen molar-refractivity contribution in [2.45, 2.75) is 25.8 Å². The summed E-state index contributed by atoms with van der Waals surface area (Å²) in [5.74, 6) is -0.701. The summed E-state index contributed by atoms with van der Waals surface area (Å²) in [4.78, 5) is 25.4. The van der Waals surface area contributed by atoms with E-state index in [0.29, 0.717) is 12.2 Å². The van der Waals surface area contributed by atoms with Gasteiger partial charge in [0.15, 0.2) is 0 Å². The van der Waals surface area contributed by atoms with E-state index in [1.54, 1.807) is 26.0 Å². The van der Waals surface area contributed by atoms with Crippen LogP contribution in [0.5, 0.6) is 0 Å². The average molecular weight is 250 g/mol. The molecule has 5 heteroatoms. The Balaban J connectivity index is 2.34. The van der Waals surface area contributed by atoms with Gasteiger partial charge >= 0.3 is 0 Å². The van der Waals surface area contributed by atoms with E-state index < -0.39 is 5.54 Å². The number of nitrogens with zero attached hydrogens (tertiary/aromatic N) is 1. The Labute approximate surface area is 105 Å². The highest BCUT2D eigenvalue weighted by molar-refractivity contribution is 6.03. The van der Waals surface area contributed by atoms with Crippen molar-refractivity contribution in [3.8, 4) is 0 Å². The van der Waals surface area contributed by atoms with E-state index in [1.165, 1.54) is 17.0 Å². The average Bonchev–Trinajstić information content (AvgIpc) is 2.39. The third kappa shape index (κ3) is 2.34. The molecule has 0 radical (unpaired) electrons. The summed E-state index contributed by atoms with van der Waals surface area (Å²) >= 11 is 0. The number of anilines is 1. The van der Waals surface area contributed by atoms with Gasteiger partial charge in [0.2, 0.25) is 5.91 Å². The maximum absolute atomic E-state index is 12.9. The molecule has 18 heavy (non-hydrogen) atoms. The highest BCUT2D eigenvalue weighted by atomic mass is 19.1. The SMILES string of the molecule is CC1(C)NC(=O)CCN(c2ccc(F)cc2)C1=O. The number of carbonyl (C=O) groups is 2. The molecule has 2 amide bonds. The van der Waals surface area contributed by atoms with Gasteiger partial charge in [-0.25, -0.2) is 4.39 Å². The Bertz CT molecular complexity index is 482. The van der Waals surface area contributed by atoms with Crippen LogP contribution in [0.1, 0.15) is 20.3 Å². The number of rotatable bonds is 1. The summed E-state index contributed by atoms with van der Waals surface area (Å²) in [5, 5.41) is 2.67. The van der Waals surface area contributed by atoms with Gasteiger partial charge in [-0.15, -0.1) is 0 Å². The summed E-state index contributed by atoms with van der Waals surface area (Å²) < 4.78 is 12.9. The van der Waals surface area contributed by atoms with Crippen molar-refractivity contribution in [1.82, 2.24) is 5.32 Å². The number of hydrogen-bond donors (Lipinski definition) is 1. The minimum absolute atomic E-state index is 0.155. The lowest BCUT2D eigenvalue weighted by molar-refractivity contribution is -0.128. The first-order valence-corrected chi connectivity index (χ1v) is 5.79. The fourth-order valence-electron chi connectivity index (χ4n) is 1.98. The first-order valence-electron chi connectivity index (χ1n) is 5.79. The van der Waals surface area contributed by atoms with Crippen LogP contribution in [0.25, 0.3) is 0 Å². The zero-order valence-electron chi connectivity index (χ0n) is 10.4. The van der Waals surface area contributed by atoms with E-state index in [0.717, 1.165) is 0 Å². The number of benzene rings is 1. The van der Waals surface area contributed by atoms with Crippen LogP contribution < -0.4 is 10.2 Å². The Morgan fingerprint density at radius 1 is 1.22 bits per heavy atom. The molecular formula is C13H15FN2O2. The zero-order valence-corrected chi connectivity index (χ0v) is 10.4. The molecule has 0 atom stereocenters. The van der Waals surface area contributed by atoms with Gasteiger partial charge in [-0.05, 0) is 38.1 Å². The van der Waals surface area contributed by atoms with Crippen molar-refractivity contribution in [3.63, 3.8) is 0 Å². The molecule has 4 nitrogen and oxygen atoms in total. The summed E-state index contributed by atoms with van der Waals surface area (Å²) in [6.45, 7) is 3.63. The Kier molecular flexibility index (Phi) is 3.07. The lowest BCUT2D eigenvalue weighted by atomic mass is 10.0. The monoisotopic (exact) mass is 250 g/mol. The predicted molar refractivity (Wildman–Crippen MR) is 65.6 cm³/mol. The van der Waals surface area contributed by atoms with Crippen molar-refractivity contribution < 1.29 is 14.0 Å². The molecule has 1 saturated heterocycles. The third-order valence-corrected chi connectivity index (χ3v) is 2.93. The fraction of sp³-hybridized carbons (Fsp3) is 0.385. The van der Waals surface area contributed by atoms with E-state index in [2.05, 4.69) is 5.32 Å². The summed E-state index contributed by atoms with van der Waals surface area (Å²) in [7, 11) is 0. The maximum Gasteiger partial charge on any atom is 0.252 e. The van der Waals surface area contributed by atoms with Crippen molar-refractivity contribution in [2.75, 3.05) is 11.4 Å². The Morgan fingerprint density at radius 2 is 1.83 bits per heavy atom. The van der Waals surface area contributed by atoms with Crippen LogP contribution in [0.15, 0.2) is 24.3 Å². The second-order valence-electron chi connectivity index (χ2n) is 4.86. The molecule has 1 fully saturated rings. The Morgan fingerprint density at radius 3 is 2.44 bits per heavy atom. The van der Waals surface area contributed by atoms with Crippen LogP contribution in [0.3, 0.4) is 0 Å². The van der Waals surface area contributed by atoms with Gasteiger partial charge < -0.3 is 10.2 Å². The van der Waals surface area contributed by atoms with E-state index in [4.69, 9.17) is 0 Å². The number of nitrogens with one attached hydrogen (secondary N) is 1. The van der Waals surface area contributed by atoms with Crippen LogP contribution in [-0.4, -0.2) is 23.9 Å². The molecule has 1 aromatic rings. The van der Waals surface area contributed by atoms with E-state index >= 15 is 0 Å². The molecule has 0 saturated carbocycles. The lowest BCUT2D eigenvalue weighted by Crippen LogP contribution is -2.53. The molecule has 1 N–H and O–H groups in total. The smallest absolute Gasteiger partial charge is 0.252 e. The van der Waals surface area contributed by atoms with Crippen molar-refractivity contribution in [1.29, 1.82) is 0 Å². The zero-order chi connectivity index (χ0) is 13.3. The van der Waals surface area contributed by atoms with Crippen molar-refractivity contribution in [3.05, 3.63) is 30.1 Å². The van der Waals surface area contributed by atoms with Gasteiger partial charge in [0.1, 0.15) is 11.4 Å². The number of halogens is 1. The highest BCUT2D eigenvalue weighted by Crippen LogP contribution is 2.21. The van der Waals surface area contributed by atoms with Gasteiger partial charge in [-0.1, -0.05) is 0 Å². The highest BCUT2D eigenvalue weighted by Gasteiger charge is 2.36. The largest absolute Gasteiger partial charge is 0.342 e. The van der Waals surface area contributed by atoms with Crippen LogP contribution in [-0.2, 0) is 9.59 Å². The molecule has 0 unspecified atom stereocenters. The topological polar surface area (TPSA) is 49.4 Å². The minimum atomic E-state index is -0.942. The molecule has 1 heterocycles. The van der Waals surface area contributed by atoms with Crippen LogP contribution in [0.4, 0.5) is 10.1 Å². The van der Waals surface area contributed by atoms with E-state index in [-0.39, 0.29) is 24.1 Å². The normalized spacial score (nSPS) is 19.4. The summed E-state index contributed by atoms with van der Waals surface area (Å²) in [6.07, 6.45) is 0.243. The lowest BCUT2D eigenvalue weighted by Gasteiger charge is -2.28. The minimum Gasteiger partial charge on any atom is -0.342 e. The quantitative estimate of drug-likeness (QED) is 0.820. The molecule has 96 valence electrons. The summed E-state index contributed by atoms with van der Waals surface area (Å²) in [6, 6.07) is 5.68. The van der Waals surface area contributed by atoms with Gasteiger partial charge in [-0.3, -0.25) is 9.59 Å². The third-order valence-electron chi connectivity index (χ3n) is 2.93. The number of hydrogen-bond acceptors (Lipinski definition) is 2. The van der Waals surface area contributed by atoms with Crippen molar-refractivity contribution in [2.24, 2.45) is 0 Å². The molecule has 1 aliphatic rings. The van der Waals surface area contributed by atoms with Gasteiger partial charge in [0, 0.05) is 18.7 Å². The fourth-order valence-corrected chi connectivity index (χ4v) is 1.98. The van der Waals surface area contributed by atoms with Gasteiger partial charge in [0.25, 0.3) is 5.91 Å². The second kappa shape index (κ2) is 4.40. The summed E-state index contributed by atoms with van der Waals surface area (Å²) in [5.41, 5.74) is -0.340. The van der Waals surface area contributed by atoms with Crippen LogP contribution >= 0.6 is 0 Å². The molecule has 0 aromatic heterocycles. The second-order valence-corrected chi connectivity index (χ2v) is 4.86. The molecular weight excluding hydrogens is 235 g/mol. The first-order chi connectivity index (χ1) is 8.40. The van der Waals surface area contributed by atoms with Gasteiger partial charge in [-0.2, -0.15) is 0 Å². The molecule has 0 bridgehead atoms. The maximum atomic E-state index is 12.9. The predicted octanol–water partition coefficient (Wildman–Crippen LogP) is 1.46. The standard InChI is InChI=1S/C13H15FN2O2/c1-13(2)12(18)16(8-7-11(17)15-13)10-5-3-9(14)4-6-10/h3-6H,7-8H2,1-2H3,(H,15,17). The molecule has 0 spiro atoms. The molecule has 1 aromatic carbocycles. The van der Waals surface area contributed by atoms with E-state index in [1.807, 2.05) is 0 Å². The number of carbonyl (C=O) groups excluding carboxylic acids is 2. The molecule has 0 aliphatic carbocycles. The molecule has 1 aliphatic heterocycles. The van der Waals surface area contributed by atoms with Crippen molar-refractivity contribution >= 4 is 17.5 Å². The van der Waals surface area contributed by atoms with Gasteiger partial charge in [0.05, 0.1) is 0 Å².